The Labute approximate surface area is 94.8 Å². The van der Waals surface area contributed by atoms with Crippen molar-refractivity contribution in [3.63, 3.8) is 0 Å². The molecule has 0 aromatic carbocycles. The summed E-state index contributed by atoms with van der Waals surface area (Å²) in [4.78, 5) is 0. The molecule has 0 heterocycles. The Morgan fingerprint density at radius 3 is 1.27 bits per heavy atom. The molecule has 1 aliphatic rings. The predicted molar refractivity (Wildman–Crippen MR) is 69.0 cm³/mol. The molecule has 0 unspecified atom stereocenters. The molecule has 0 aliphatic heterocycles. The second-order valence-electron chi connectivity index (χ2n) is 4.29. The zero-order valence-electron chi connectivity index (χ0n) is 9.83. The van der Waals surface area contributed by atoms with Crippen molar-refractivity contribution in [2.24, 2.45) is 0 Å². The summed E-state index contributed by atoms with van der Waals surface area (Å²) in [5.74, 6) is 0. The maximum absolute atomic E-state index is 2.28. The largest absolute Gasteiger partial charge is 0.0845 e. The molecule has 84 valence electrons. The van der Waals surface area contributed by atoms with Crippen LogP contribution in [0.1, 0.15) is 57.8 Å². The molecule has 0 radical (unpaired) electrons. The van der Waals surface area contributed by atoms with Crippen molar-refractivity contribution in [2.45, 2.75) is 57.8 Å². The molecule has 0 saturated carbocycles. The molecule has 0 aromatic heterocycles. The van der Waals surface area contributed by atoms with E-state index in [0.717, 1.165) is 0 Å². The molecule has 0 N–H and O–H groups in total. The average molecular weight is 204 g/mol. The van der Waals surface area contributed by atoms with E-state index < -0.39 is 0 Å². The van der Waals surface area contributed by atoms with Crippen molar-refractivity contribution in [3.05, 3.63) is 36.5 Å². The number of hydrogen-bond acceptors (Lipinski definition) is 0. The number of hydrogen-bond donors (Lipinski definition) is 0. The van der Waals surface area contributed by atoms with E-state index in [0.29, 0.717) is 0 Å². The lowest BCUT2D eigenvalue weighted by atomic mass is 10.1. The van der Waals surface area contributed by atoms with Gasteiger partial charge in [0.25, 0.3) is 0 Å². The highest BCUT2D eigenvalue weighted by Gasteiger charge is 1.90. The molecule has 0 nitrogen and oxygen atoms in total. The summed E-state index contributed by atoms with van der Waals surface area (Å²) in [6.07, 6.45) is 25.5. The van der Waals surface area contributed by atoms with E-state index >= 15 is 0 Å². The summed E-state index contributed by atoms with van der Waals surface area (Å²) >= 11 is 0. The molecule has 0 saturated heterocycles. The SMILES string of the molecule is C1=C/C=C/CCCCCCCCC/C=C/1. The second kappa shape index (κ2) is 9.76. The van der Waals surface area contributed by atoms with Gasteiger partial charge in [-0.15, -0.1) is 0 Å². The minimum atomic E-state index is 1.24. The van der Waals surface area contributed by atoms with Gasteiger partial charge < -0.3 is 0 Å². The van der Waals surface area contributed by atoms with Crippen LogP contribution in [-0.2, 0) is 0 Å². The topological polar surface area (TPSA) is 0 Å². The Hall–Kier alpha value is -0.780. The highest BCUT2D eigenvalue weighted by molar-refractivity contribution is 5.10. The zero-order valence-corrected chi connectivity index (χ0v) is 9.83. The third kappa shape index (κ3) is 8.23. The van der Waals surface area contributed by atoms with Gasteiger partial charge >= 0.3 is 0 Å². The van der Waals surface area contributed by atoms with Gasteiger partial charge in [-0.05, 0) is 25.7 Å². The van der Waals surface area contributed by atoms with E-state index in [2.05, 4.69) is 36.5 Å². The van der Waals surface area contributed by atoms with Crippen molar-refractivity contribution >= 4 is 0 Å². The Bertz CT molecular complexity index is 186. The maximum Gasteiger partial charge on any atom is -0.0348 e. The third-order valence-corrected chi connectivity index (χ3v) is 2.85. The summed E-state index contributed by atoms with van der Waals surface area (Å²) in [5, 5.41) is 0. The summed E-state index contributed by atoms with van der Waals surface area (Å²) in [5.41, 5.74) is 0. The fourth-order valence-corrected chi connectivity index (χ4v) is 1.89. The van der Waals surface area contributed by atoms with Gasteiger partial charge in [-0.1, -0.05) is 68.6 Å². The molecule has 1 rings (SSSR count). The molecule has 0 bridgehead atoms. The van der Waals surface area contributed by atoms with E-state index in [1.165, 1.54) is 57.8 Å². The fraction of sp³-hybridized carbons (Fsp3) is 0.600. The quantitative estimate of drug-likeness (QED) is 0.510. The first-order chi connectivity index (χ1) is 7.50. The molecule has 0 spiro atoms. The molecule has 0 atom stereocenters. The molecule has 0 amide bonds. The standard InChI is InChI=1S/C15H24/c1-2-4-6-8-10-12-14-15-13-11-9-7-5-3-1/h1-6H,7-15H2/b2-1+,5-3+,6-4+. The van der Waals surface area contributed by atoms with Gasteiger partial charge in [0.2, 0.25) is 0 Å². The monoisotopic (exact) mass is 204 g/mol. The Morgan fingerprint density at radius 2 is 0.800 bits per heavy atom. The van der Waals surface area contributed by atoms with Crippen LogP contribution in [0, 0.1) is 0 Å². The smallest absolute Gasteiger partial charge is 0.0348 e. The maximum atomic E-state index is 2.28. The normalized spacial score (nSPS) is 27.2. The van der Waals surface area contributed by atoms with Crippen LogP contribution in [0.5, 0.6) is 0 Å². The van der Waals surface area contributed by atoms with Crippen molar-refractivity contribution in [2.75, 3.05) is 0 Å². The molecule has 0 heteroatoms. The molecule has 0 fully saturated rings. The van der Waals surface area contributed by atoms with Gasteiger partial charge in [0.05, 0.1) is 0 Å². The Morgan fingerprint density at radius 1 is 0.400 bits per heavy atom. The van der Waals surface area contributed by atoms with Crippen molar-refractivity contribution in [1.29, 1.82) is 0 Å². The molecular formula is C15H24. The molecule has 0 aromatic rings. The molecule has 15 heavy (non-hydrogen) atoms. The number of rotatable bonds is 0. The van der Waals surface area contributed by atoms with E-state index in [4.69, 9.17) is 0 Å². The second-order valence-corrected chi connectivity index (χ2v) is 4.29. The van der Waals surface area contributed by atoms with Gasteiger partial charge in [-0.2, -0.15) is 0 Å². The van der Waals surface area contributed by atoms with Gasteiger partial charge in [0, 0.05) is 0 Å². The van der Waals surface area contributed by atoms with Crippen LogP contribution in [-0.4, -0.2) is 0 Å². The van der Waals surface area contributed by atoms with E-state index in [1.54, 1.807) is 0 Å². The van der Waals surface area contributed by atoms with Crippen LogP contribution in [0.2, 0.25) is 0 Å². The first kappa shape index (κ1) is 12.3. The van der Waals surface area contributed by atoms with Crippen LogP contribution in [0.3, 0.4) is 0 Å². The van der Waals surface area contributed by atoms with E-state index in [1.807, 2.05) is 0 Å². The summed E-state index contributed by atoms with van der Waals surface area (Å²) < 4.78 is 0. The van der Waals surface area contributed by atoms with Crippen LogP contribution < -0.4 is 0 Å². The summed E-state index contributed by atoms with van der Waals surface area (Å²) in [7, 11) is 0. The highest BCUT2D eigenvalue weighted by Crippen LogP contribution is 2.10. The highest BCUT2D eigenvalue weighted by atomic mass is 14.0. The van der Waals surface area contributed by atoms with Gasteiger partial charge in [-0.3, -0.25) is 0 Å². The molecular weight excluding hydrogens is 180 g/mol. The van der Waals surface area contributed by atoms with Crippen molar-refractivity contribution in [3.8, 4) is 0 Å². The van der Waals surface area contributed by atoms with Crippen LogP contribution in [0.4, 0.5) is 0 Å². The van der Waals surface area contributed by atoms with Crippen LogP contribution >= 0.6 is 0 Å². The minimum Gasteiger partial charge on any atom is -0.0845 e. The Balaban J connectivity index is 2.25. The van der Waals surface area contributed by atoms with Crippen LogP contribution in [0.15, 0.2) is 36.5 Å². The number of allylic oxidation sites excluding steroid dienone is 6. The van der Waals surface area contributed by atoms with Gasteiger partial charge in [0.1, 0.15) is 0 Å². The Kier molecular flexibility index (Phi) is 8.00. The van der Waals surface area contributed by atoms with Gasteiger partial charge in [-0.25, -0.2) is 0 Å². The lowest BCUT2D eigenvalue weighted by Crippen LogP contribution is -1.80. The third-order valence-electron chi connectivity index (χ3n) is 2.85. The molecule has 1 aliphatic carbocycles. The zero-order chi connectivity index (χ0) is 10.6. The fourth-order valence-electron chi connectivity index (χ4n) is 1.89. The van der Waals surface area contributed by atoms with Crippen molar-refractivity contribution < 1.29 is 0 Å². The lowest BCUT2D eigenvalue weighted by Gasteiger charge is -1.99. The first-order valence-corrected chi connectivity index (χ1v) is 6.48. The van der Waals surface area contributed by atoms with Crippen molar-refractivity contribution in [1.82, 2.24) is 0 Å². The van der Waals surface area contributed by atoms with E-state index in [9.17, 15) is 0 Å². The predicted octanol–water partition coefficient (Wildman–Crippen LogP) is 5.18. The first-order valence-electron chi connectivity index (χ1n) is 6.48. The van der Waals surface area contributed by atoms with E-state index in [-0.39, 0.29) is 0 Å². The lowest BCUT2D eigenvalue weighted by molar-refractivity contribution is 0.584. The minimum absolute atomic E-state index is 1.24. The summed E-state index contributed by atoms with van der Waals surface area (Å²) in [6.45, 7) is 0. The van der Waals surface area contributed by atoms with Gasteiger partial charge in [0.15, 0.2) is 0 Å². The average Bonchev–Trinajstić information content (AvgIpc) is 2.27. The summed E-state index contributed by atoms with van der Waals surface area (Å²) in [6, 6.07) is 0. The van der Waals surface area contributed by atoms with Crippen LogP contribution in [0.25, 0.3) is 0 Å².